The number of aliphatic carboxylic acids is 1. The lowest BCUT2D eigenvalue weighted by molar-refractivity contribution is -0.139. The molecule has 2 rings (SSSR count). The number of methoxy groups -OCH3 is 1. The van der Waals surface area contributed by atoms with Crippen LogP contribution < -0.4 is 10.1 Å². The van der Waals surface area contributed by atoms with Gasteiger partial charge in [-0.05, 0) is 43.0 Å². The van der Waals surface area contributed by atoms with Crippen LogP contribution in [0.5, 0.6) is 5.75 Å². The van der Waals surface area contributed by atoms with Crippen LogP contribution in [0.4, 0.5) is 0 Å². The molecule has 17 heavy (non-hydrogen) atoms. The molecule has 0 heterocycles. The second kappa shape index (κ2) is 5.19. The summed E-state index contributed by atoms with van der Waals surface area (Å²) in [5, 5.41) is 12.3. The molecule has 1 aliphatic rings. The Morgan fingerprint density at radius 1 is 1.47 bits per heavy atom. The molecule has 0 amide bonds. The van der Waals surface area contributed by atoms with Gasteiger partial charge in [-0.15, -0.1) is 0 Å². The van der Waals surface area contributed by atoms with Crippen molar-refractivity contribution in [2.24, 2.45) is 5.92 Å². The Morgan fingerprint density at radius 2 is 2.12 bits per heavy atom. The maximum atomic E-state index is 11.2. The zero-order valence-electron chi connectivity index (χ0n) is 9.85. The van der Waals surface area contributed by atoms with Gasteiger partial charge in [-0.3, -0.25) is 4.79 Å². The van der Waals surface area contributed by atoms with Gasteiger partial charge in [0.2, 0.25) is 0 Å². The average Bonchev–Trinajstić information content (AvgIpc) is 3.14. The normalized spacial score (nSPS) is 16.5. The van der Waals surface area contributed by atoms with Gasteiger partial charge in [-0.2, -0.15) is 0 Å². The molecule has 0 radical (unpaired) electrons. The van der Waals surface area contributed by atoms with Crippen molar-refractivity contribution < 1.29 is 14.6 Å². The first-order valence-electron chi connectivity index (χ1n) is 5.81. The van der Waals surface area contributed by atoms with Crippen molar-refractivity contribution >= 4 is 5.97 Å². The molecule has 1 unspecified atom stereocenters. The summed E-state index contributed by atoms with van der Waals surface area (Å²) in [7, 11) is 1.59. The molecule has 4 nitrogen and oxygen atoms in total. The van der Waals surface area contributed by atoms with E-state index in [0.717, 1.165) is 17.9 Å². The zero-order chi connectivity index (χ0) is 12.3. The second-order valence-electron chi connectivity index (χ2n) is 4.40. The lowest BCUT2D eigenvalue weighted by Crippen LogP contribution is -2.30. The molecule has 92 valence electrons. The molecule has 1 aromatic carbocycles. The molecule has 0 aliphatic heterocycles. The number of nitrogens with one attached hydrogen (secondary N) is 1. The first kappa shape index (κ1) is 11.9. The number of rotatable bonds is 6. The van der Waals surface area contributed by atoms with Crippen LogP contribution in [0.2, 0.25) is 0 Å². The standard InChI is InChI=1S/C13H17NO3/c1-17-11-6-4-10(5-7-11)12(13(15)16)14-8-9-2-3-9/h4-7,9,12,14H,2-3,8H2,1H3,(H,15,16). The van der Waals surface area contributed by atoms with Crippen molar-refractivity contribution in [1.29, 1.82) is 0 Å². The van der Waals surface area contributed by atoms with Gasteiger partial charge in [-0.1, -0.05) is 12.1 Å². The summed E-state index contributed by atoms with van der Waals surface area (Å²) in [5.41, 5.74) is 0.763. The molecule has 1 aromatic rings. The van der Waals surface area contributed by atoms with Crippen LogP contribution in [0.25, 0.3) is 0 Å². The van der Waals surface area contributed by atoms with Gasteiger partial charge >= 0.3 is 5.97 Å². The topological polar surface area (TPSA) is 58.6 Å². The van der Waals surface area contributed by atoms with Crippen molar-refractivity contribution in [1.82, 2.24) is 5.32 Å². The number of carboxylic acid groups (broad SMARTS) is 1. The Kier molecular flexibility index (Phi) is 3.64. The van der Waals surface area contributed by atoms with Crippen LogP contribution in [0.1, 0.15) is 24.4 Å². The zero-order valence-corrected chi connectivity index (χ0v) is 9.85. The highest BCUT2D eigenvalue weighted by Crippen LogP contribution is 2.28. The van der Waals surface area contributed by atoms with Crippen LogP contribution in [0.3, 0.4) is 0 Å². The van der Waals surface area contributed by atoms with Crippen LogP contribution in [0.15, 0.2) is 24.3 Å². The van der Waals surface area contributed by atoms with Gasteiger partial charge in [-0.25, -0.2) is 0 Å². The van der Waals surface area contributed by atoms with Crippen LogP contribution >= 0.6 is 0 Å². The van der Waals surface area contributed by atoms with Gasteiger partial charge in [0.25, 0.3) is 0 Å². The molecule has 1 fully saturated rings. The van der Waals surface area contributed by atoms with E-state index in [9.17, 15) is 9.90 Å². The number of carboxylic acids is 1. The number of hydrogen-bond donors (Lipinski definition) is 2. The van der Waals surface area contributed by atoms with Crippen molar-refractivity contribution in [2.75, 3.05) is 13.7 Å². The lowest BCUT2D eigenvalue weighted by Gasteiger charge is -2.14. The minimum Gasteiger partial charge on any atom is -0.497 e. The molecule has 1 saturated carbocycles. The van der Waals surface area contributed by atoms with Crippen molar-refractivity contribution in [3.05, 3.63) is 29.8 Å². The minimum atomic E-state index is -0.837. The van der Waals surface area contributed by atoms with E-state index in [0.29, 0.717) is 5.92 Å². The van der Waals surface area contributed by atoms with Gasteiger partial charge in [0.15, 0.2) is 0 Å². The van der Waals surface area contributed by atoms with E-state index < -0.39 is 12.0 Å². The fourth-order valence-corrected chi connectivity index (χ4v) is 1.75. The quantitative estimate of drug-likeness (QED) is 0.789. The minimum absolute atomic E-state index is 0.624. The highest BCUT2D eigenvalue weighted by atomic mass is 16.5. The van der Waals surface area contributed by atoms with Crippen molar-refractivity contribution in [3.8, 4) is 5.75 Å². The van der Waals surface area contributed by atoms with Crippen LogP contribution in [-0.2, 0) is 4.79 Å². The Balaban J connectivity index is 2.04. The third kappa shape index (κ3) is 3.20. The molecular formula is C13H17NO3. The summed E-state index contributed by atoms with van der Waals surface area (Å²) in [5.74, 6) is 0.561. The monoisotopic (exact) mass is 235 g/mol. The predicted molar refractivity (Wildman–Crippen MR) is 64.1 cm³/mol. The van der Waals surface area contributed by atoms with Gasteiger partial charge < -0.3 is 15.2 Å². The first-order valence-corrected chi connectivity index (χ1v) is 5.81. The van der Waals surface area contributed by atoms with Gasteiger partial charge in [0.1, 0.15) is 11.8 Å². The summed E-state index contributed by atoms with van der Waals surface area (Å²) < 4.78 is 5.05. The van der Waals surface area contributed by atoms with E-state index in [1.54, 1.807) is 31.4 Å². The molecule has 4 heteroatoms. The fraction of sp³-hybridized carbons (Fsp3) is 0.462. The molecule has 1 aliphatic carbocycles. The smallest absolute Gasteiger partial charge is 0.325 e. The van der Waals surface area contributed by atoms with Gasteiger partial charge in [0.05, 0.1) is 7.11 Å². The molecule has 0 bridgehead atoms. The predicted octanol–water partition coefficient (Wildman–Crippen LogP) is 1.82. The summed E-state index contributed by atoms with van der Waals surface area (Å²) in [6.45, 7) is 0.781. The average molecular weight is 235 g/mol. The SMILES string of the molecule is COc1ccc(C(NCC2CC2)C(=O)O)cc1. The molecule has 0 aromatic heterocycles. The van der Waals surface area contributed by atoms with E-state index in [2.05, 4.69) is 5.32 Å². The van der Waals surface area contributed by atoms with E-state index in [1.807, 2.05) is 0 Å². The highest BCUT2D eigenvalue weighted by Gasteiger charge is 2.25. The largest absolute Gasteiger partial charge is 0.497 e. The molecule has 0 saturated heterocycles. The molecular weight excluding hydrogens is 218 g/mol. The van der Waals surface area contributed by atoms with Crippen molar-refractivity contribution in [2.45, 2.75) is 18.9 Å². The molecule has 1 atom stereocenters. The van der Waals surface area contributed by atoms with E-state index in [-0.39, 0.29) is 0 Å². The second-order valence-corrected chi connectivity index (χ2v) is 4.40. The van der Waals surface area contributed by atoms with E-state index in [4.69, 9.17) is 4.74 Å². The highest BCUT2D eigenvalue weighted by molar-refractivity contribution is 5.75. The summed E-state index contributed by atoms with van der Waals surface area (Å²) in [4.78, 5) is 11.2. The number of hydrogen-bond acceptors (Lipinski definition) is 3. The van der Waals surface area contributed by atoms with E-state index in [1.165, 1.54) is 12.8 Å². The molecule has 0 spiro atoms. The third-order valence-corrected chi connectivity index (χ3v) is 3.00. The van der Waals surface area contributed by atoms with Crippen LogP contribution in [0, 0.1) is 5.92 Å². The fourth-order valence-electron chi connectivity index (χ4n) is 1.75. The maximum absolute atomic E-state index is 11.2. The Hall–Kier alpha value is -1.55. The van der Waals surface area contributed by atoms with Crippen molar-refractivity contribution in [3.63, 3.8) is 0 Å². The Morgan fingerprint density at radius 3 is 2.59 bits per heavy atom. The summed E-state index contributed by atoms with van der Waals surface area (Å²) in [6, 6.07) is 6.52. The summed E-state index contributed by atoms with van der Waals surface area (Å²) in [6.07, 6.45) is 2.42. The number of benzene rings is 1. The Bertz CT molecular complexity index is 384. The van der Waals surface area contributed by atoms with Crippen LogP contribution in [-0.4, -0.2) is 24.7 Å². The number of carbonyl (C=O) groups is 1. The van der Waals surface area contributed by atoms with E-state index >= 15 is 0 Å². The molecule has 2 N–H and O–H groups in total. The first-order chi connectivity index (χ1) is 8.20. The lowest BCUT2D eigenvalue weighted by atomic mass is 10.1. The Labute approximate surface area is 101 Å². The maximum Gasteiger partial charge on any atom is 0.325 e. The third-order valence-electron chi connectivity index (χ3n) is 3.00. The summed E-state index contributed by atoms with van der Waals surface area (Å²) >= 11 is 0. The van der Waals surface area contributed by atoms with Gasteiger partial charge in [0, 0.05) is 0 Å². The number of ether oxygens (including phenoxy) is 1.